The Balaban J connectivity index is 3.30. The van der Waals surface area contributed by atoms with Gasteiger partial charge in [0.15, 0.2) is 0 Å². The molecule has 0 radical (unpaired) electrons. The van der Waals surface area contributed by atoms with Crippen LogP contribution in [-0.4, -0.2) is 16.1 Å². The maximum absolute atomic E-state index is 12.7. The summed E-state index contributed by atoms with van der Waals surface area (Å²) in [6.45, 7) is -0.226. The lowest BCUT2D eigenvalue weighted by Gasteiger charge is -2.12. The fourth-order valence-electron chi connectivity index (χ4n) is 1.34. The van der Waals surface area contributed by atoms with Gasteiger partial charge in [0.25, 0.3) is 6.43 Å². The highest BCUT2D eigenvalue weighted by Crippen LogP contribution is 2.31. The molecule has 0 aliphatic heterocycles. The number of carbonyl (C=O) groups is 1. The smallest absolute Gasteiger partial charge is 0.309 e. The quantitative estimate of drug-likeness (QED) is 0.854. The van der Waals surface area contributed by atoms with Gasteiger partial charge < -0.3 is 10.8 Å². The van der Waals surface area contributed by atoms with Crippen molar-refractivity contribution in [2.75, 3.05) is 0 Å². The third-order valence-electron chi connectivity index (χ3n) is 2.01. The summed E-state index contributed by atoms with van der Waals surface area (Å²) >= 11 is 5.57. The van der Waals surface area contributed by atoms with E-state index in [4.69, 9.17) is 22.4 Å². The number of pyridine rings is 1. The third kappa shape index (κ3) is 2.65. The van der Waals surface area contributed by atoms with Crippen molar-refractivity contribution >= 4 is 17.6 Å². The zero-order chi connectivity index (χ0) is 12.3. The first kappa shape index (κ1) is 12.8. The number of halogens is 3. The van der Waals surface area contributed by atoms with Crippen molar-refractivity contribution in [2.45, 2.75) is 19.4 Å². The number of carboxylic acids is 1. The molecule has 0 saturated heterocycles. The number of aliphatic carboxylic acids is 1. The number of aromatic nitrogens is 1. The van der Waals surface area contributed by atoms with Gasteiger partial charge in [0.2, 0.25) is 0 Å². The van der Waals surface area contributed by atoms with Crippen molar-refractivity contribution in [1.82, 2.24) is 4.98 Å². The van der Waals surface area contributed by atoms with Crippen molar-refractivity contribution in [2.24, 2.45) is 5.73 Å². The molecule has 7 heteroatoms. The Bertz CT molecular complexity index is 413. The minimum Gasteiger partial charge on any atom is -0.481 e. The molecule has 16 heavy (non-hydrogen) atoms. The predicted molar refractivity (Wildman–Crippen MR) is 53.4 cm³/mol. The molecule has 0 spiro atoms. The molecule has 0 atom stereocenters. The van der Waals surface area contributed by atoms with Crippen LogP contribution in [-0.2, 0) is 17.8 Å². The van der Waals surface area contributed by atoms with Gasteiger partial charge >= 0.3 is 5.97 Å². The van der Waals surface area contributed by atoms with Gasteiger partial charge in [-0.15, -0.1) is 0 Å². The van der Waals surface area contributed by atoms with Crippen LogP contribution < -0.4 is 5.73 Å². The van der Waals surface area contributed by atoms with Crippen molar-refractivity contribution in [3.05, 3.63) is 28.0 Å². The van der Waals surface area contributed by atoms with Crippen molar-refractivity contribution in [1.29, 1.82) is 0 Å². The topological polar surface area (TPSA) is 76.2 Å². The van der Waals surface area contributed by atoms with E-state index < -0.39 is 24.4 Å². The summed E-state index contributed by atoms with van der Waals surface area (Å²) in [5.41, 5.74) is 4.90. The Morgan fingerprint density at radius 3 is 2.69 bits per heavy atom. The maximum Gasteiger partial charge on any atom is 0.309 e. The van der Waals surface area contributed by atoms with E-state index in [2.05, 4.69) is 4.98 Å². The molecule has 1 rings (SSSR count). The maximum atomic E-state index is 12.7. The van der Waals surface area contributed by atoms with E-state index in [1.165, 1.54) is 0 Å². The van der Waals surface area contributed by atoms with Gasteiger partial charge in [-0.3, -0.25) is 9.78 Å². The summed E-state index contributed by atoms with van der Waals surface area (Å²) in [5, 5.41) is 8.38. The minimum atomic E-state index is -2.80. The van der Waals surface area contributed by atoms with Crippen LogP contribution in [0.5, 0.6) is 0 Å². The predicted octanol–water partition coefficient (Wildman–Crippen LogP) is 1.76. The fourth-order valence-corrected chi connectivity index (χ4v) is 1.59. The van der Waals surface area contributed by atoms with Gasteiger partial charge in [-0.05, 0) is 5.56 Å². The van der Waals surface area contributed by atoms with Crippen LogP contribution in [0.2, 0.25) is 5.02 Å². The van der Waals surface area contributed by atoms with E-state index in [1.807, 2.05) is 0 Å². The summed E-state index contributed by atoms with van der Waals surface area (Å²) in [4.78, 5) is 14.2. The van der Waals surface area contributed by atoms with E-state index in [1.54, 1.807) is 0 Å². The SMILES string of the molecule is NCc1c(CC(=O)O)ncc(Cl)c1C(F)F. The molecule has 4 nitrogen and oxygen atoms in total. The van der Waals surface area contributed by atoms with Crippen LogP contribution in [0.15, 0.2) is 6.20 Å². The second-order valence-corrected chi connectivity index (χ2v) is 3.43. The Morgan fingerprint density at radius 2 is 2.25 bits per heavy atom. The monoisotopic (exact) mass is 250 g/mol. The lowest BCUT2D eigenvalue weighted by molar-refractivity contribution is -0.136. The number of hydrogen-bond donors (Lipinski definition) is 2. The van der Waals surface area contributed by atoms with E-state index in [0.717, 1.165) is 6.20 Å². The highest BCUT2D eigenvalue weighted by atomic mass is 35.5. The average Bonchev–Trinajstić information content (AvgIpc) is 2.18. The largest absolute Gasteiger partial charge is 0.481 e. The van der Waals surface area contributed by atoms with Gasteiger partial charge in [0.1, 0.15) is 0 Å². The Labute approximate surface area is 95.0 Å². The fraction of sp³-hybridized carbons (Fsp3) is 0.333. The molecule has 0 saturated carbocycles. The summed E-state index contributed by atoms with van der Waals surface area (Å²) < 4.78 is 25.4. The van der Waals surface area contributed by atoms with E-state index in [-0.39, 0.29) is 22.8 Å². The Kier molecular flexibility index (Phi) is 4.14. The lowest BCUT2D eigenvalue weighted by Crippen LogP contribution is -2.12. The molecule has 1 aromatic heterocycles. The molecule has 88 valence electrons. The number of nitrogens with two attached hydrogens (primary N) is 1. The van der Waals surface area contributed by atoms with Crippen LogP contribution >= 0.6 is 11.6 Å². The Morgan fingerprint density at radius 1 is 1.62 bits per heavy atom. The minimum absolute atomic E-state index is 0.00454. The van der Waals surface area contributed by atoms with E-state index in [9.17, 15) is 13.6 Å². The van der Waals surface area contributed by atoms with Crippen LogP contribution in [0.4, 0.5) is 8.78 Å². The van der Waals surface area contributed by atoms with Gasteiger partial charge in [0.05, 0.1) is 17.1 Å². The molecule has 1 heterocycles. The molecule has 1 aromatic rings. The average molecular weight is 251 g/mol. The van der Waals surface area contributed by atoms with Crippen LogP contribution in [0.3, 0.4) is 0 Å². The first-order chi connectivity index (χ1) is 7.47. The zero-order valence-electron chi connectivity index (χ0n) is 8.08. The molecule has 0 aliphatic carbocycles. The molecular formula is C9H9ClF2N2O2. The first-order valence-corrected chi connectivity index (χ1v) is 4.71. The van der Waals surface area contributed by atoms with Gasteiger partial charge in [-0.2, -0.15) is 0 Å². The number of carboxylic acid groups (broad SMARTS) is 1. The number of hydrogen-bond acceptors (Lipinski definition) is 3. The van der Waals surface area contributed by atoms with Gasteiger partial charge in [0, 0.05) is 18.3 Å². The number of rotatable bonds is 4. The molecule has 0 aromatic carbocycles. The second-order valence-electron chi connectivity index (χ2n) is 3.02. The van der Waals surface area contributed by atoms with Crippen LogP contribution in [0, 0.1) is 0 Å². The van der Waals surface area contributed by atoms with Crippen LogP contribution in [0.1, 0.15) is 23.2 Å². The summed E-state index contributed by atoms with van der Waals surface area (Å²) in [6, 6.07) is 0. The highest BCUT2D eigenvalue weighted by Gasteiger charge is 2.21. The normalized spacial score (nSPS) is 10.8. The molecule has 0 fully saturated rings. The summed E-state index contributed by atoms with van der Waals surface area (Å²) in [7, 11) is 0. The molecule has 0 bridgehead atoms. The molecule has 0 amide bonds. The molecular weight excluding hydrogens is 242 g/mol. The first-order valence-electron chi connectivity index (χ1n) is 4.33. The highest BCUT2D eigenvalue weighted by molar-refractivity contribution is 6.31. The zero-order valence-corrected chi connectivity index (χ0v) is 8.84. The summed E-state index contributed by atoms with van der Waals surface area (Å²) in [5.74, 6) is -1.16. The number of nitrogens with zero attached hydrogens (tertiary/aromatic N) is 1. The van der Waals surface area contributed by atoms with E-state index >= 15 is 0 Å². The van der Waals surface area contributed by atoms with Crippen molar-refractivity contribution in [3.63, 3.8) is 0 Å². The van der Waals surface area contributed by atoms with Crippen molar-refractivity contribution in [3.8, 4) is 0 Å². The lowest BCUT2D eigenvalue weighted by atomic mass is 10.0. The molecule has 0 aliphatic rings. The van der Waals surface area contributed by atoms with Crippen LogP contribution in [0.25, 0.3) is 0 Å². The van der Waals surface area contributed by atoms with Gasteiger partial charge in [-0.1, -0.05) is 11.6 Å². The number of alkyl halides is 2. The molecule has 3 N–H and O–H groups in total. The second kappa shape index (κ2) is 5.18. The summed E-state index contributed by atoms with van der Waals surface area (Å²) in [6.07, 6.45) is -2.24. The Hall–Kier alpha value is -1.27. The third-order valence-corrected chi connectivity index (χ3v) is 2.31. The van der Waals surface area contributed by atoms with Crippen molar-refractivity contribution < 1.29 is 18.7 Å². The molecule has 0 unspecified atom stereocenters. The standard InChI is InChI=1S/C9H9ClF2N2O2/c10-5-3-14-6(1-7(15)16)4(2-13)8(5)9(11)12/h3,9H,1-2,13H2,(H,15,16). The van der Waals surface area contributed by atoms with Gasteiger partial charge in [-0.25, -0.2) is 8.78 Å². The van der Waals surface area contributed by atoms with E-state index in [0.29, 0.717) is 0 Å².